The van der Waals surface area contributed by atoms with E-state index >= 15 is 0 Å². The molecule has 2 nitrogen and oxygen atoms in total. The molecule has 0 fully saturated rings. The van der Waals surface area contributed by atoms with E-state index in [9.17, 15) is 9.59 Å². The van der Waals surface area contributed by atoms with Crippen LogP contribution in [0.25, 0.3) is 0 Å². The van der Waals surface area contributed by atoms with Gasteiger partial charge in [0, 0.05) is 0 Å². The molecular formula is C22H40O2. The second kappa shape index (κ2) is 26.7. The lowest BCUT2D eigenvalue weighted by molar-refractivity contribution is -0.104. The first kappa shape index (κ1) is 25.1. The van der Waals surface area contributed by atoms with Crippen LogP contribution in [0.5, 0.6) is 0 Å². The highest BCUT2D eigenvalue weighted by molar-refractivity contribution is 5.64. The van der Waals surface area contributed by atoms with Crippen LogP contribution in [0.1, 0.15) is 104 Å². The van der Waals surface area contributed by atoms with Gasteiger partial charge < -0.3 is 0 Å². The molecule has 0 bridgehead atoms. The summed E-state index contributed by atoms with van der Waals surface area (Å²) in [4.78, 5) is 19.8. The van der Waals surface area contributed by atoms with Crippen LogP contribution < -0.4 is 0 Å². The Labute approximate surface area is 150 Å². The van der Waals surface area contributed by atoms with E-state index in [4.69, 9.17) is 0 Å². The zero-order chi connectivity index (χ0) is 18.1. The standard InChI is InChI=1S/2C11H20O/c2*1-2-3-4-5-6-7-8-9-10-11-12/h2*9-11H,2-8H2,1H3. The van der Waals surface area contributed by atoms with Gasteiger partial charge in [-0.2, -0.15) is 0 Å². The van der Waals surface area contributed by atoms with Gasteiger partial charge in [-0.3, -0.25) is 9.59 Å². The normalized spacial score (nSPS) is 10.8. The molecule has 0 saturated heterocycles. The molecule has 24 heavy (non-hydrogen) atoms. The minimum Gasteiger partial charge on any atom is -0.299 e. The van der Waals surface area contributed by atoms with Gasteiger partial charge in [-0.15, -0.1) is 0 Å². The molecule has 0 saturated carbocycles. The number of rotatable bonds is 16. The van der Waals surface area contributed by atoms with Crippen molar-refractivity contribution < 1.29 is 9.59 Å². The summed E-state index contributed by atoms with van der Waals surface area (Å²) in [5.74, 6) is 0. The Morgan fingerprint density at radius 1 is 0.500 bits per heavy atom. The van der Waals surface area contributed by atoms with Gasteiger partial charge in [-0.05, 0) is 37.8 Å². The molecule has 0 spiro atoms. The summed E-state index contributed by atoms with van der Waals surface area (Å²) < 4.78 is 0. The number of hydrogen-bond acceptors (Lipinski definition) is 2. The number of aldehydes is 2. The first-order valence-electron chi connectivity index (χ1n) is 10.0. The zero-order valence-corrected chi connectivity index (χ0v) is 16.2. The molecule has 0 aliphatic rings. The van der Waals surface area contributed by atoms with E-state index in [0.29, 0.717) is 0 Å². The summed E-state index contributed by atoms with van der Waals surface area (Å²) in [6, 6.07) is 0. The molecule has 0 amide bonds. The maximum Gasteiger partial charge on any atom is 0.142 e. The molecule has 0 unspecified atom stereocenters. The molecule has 0 heterocycles. The van der Waals surface area contributed by atoms with Gasteiger partial charge in [-0.25, -0.2) is 0 Å². The van der Waals surface area contributed by atoms with Crippen molar-refractivity contribution in [1.29, 1.82) is 0 Å². The van der Waals surface area contributed by atoms with Gasteiger partial charge in [0.15, 0.2) is 0 Å². The van der Waals surface area contributed by atoms with Crippen LogP contribution in [0, 0.1) is 0 Å². The van der Waals surface area contributed by atoms with E-state index in [2.05, 4.69) is 13.8 Å². The third kappa shape index (κ3) is 28.9. The largest absolute Gasteiger partial charge is 0.299 e. The molecule has 0 aromatic rings. The molecule has 0 aromatic heterocycles. The van der Waals surface area contributed by atoms with E-state index in [-0.39, 0.29) is 0 Å². The van der Waals surface area contributed by atoms with Gasteiger partial charge >= 0.3 is 0 Å². The van der Waals surface area contributed by atoms with E-state index < -0.39 is 0 Å². The molecule has 0 aromatic carbocycles. The third-order valence-corrected chi connectivity index (χ3v) is 3.88. The molecule has 0 N–H and O–H groups in total. The van der Waals surface area contributed by atoms with Crippen LogP contribution in [-0.4, -0.2) is 12.6 Å². The number of hydrogen-bond donors (Lipinski definition) is 0. The highest BCUT2D eigenvalue weighted by Crippen LogP contribution is 2.07. The average molecular weight is 337 g/mol. The summed E-state index contributed by atoms with van der Waals surface area (Å²) in [7, 11) is 0. The van der Waals surface area contributed by atoms with Crippen LogP contribution >= 0.6 is 0 Å². The second-order valence-electron chi connectivity index (χ2n) is 6.24. The minimum absolute atomic E-state index is 0.844. The predicted molar refractivity (Wildman–Crippen MR) is 106 cm³/mol. The molecule has 0 rings (SSSR count). The van der Waals surface area contributed by atoms with Crippen LogP contribution in [0.15, 0.2) is 24.3 Å². The second-order valence-corrected chi connectivity index (χ2v) is 6.24. The molecule has 0 aliphatic heterocycles. The minimum atomic E-state index is 0.844. The van der Waals surface area contributed by atoms with Crippen molar-refractivity contribution in [2.45, 2.75) is 104 Å². The van der Waals surface area contributed by atoms with E-state index in [1.807, 2.05) is 12.2 Å². The Morgan fingerprint density at radius 2 is 0.833 bits per heavy atom. The number of allylic oxidation sites excluding steroid dienone is 4. The highest BCUT2D eigenvalue weighted by Gasteiger charge is 1.88. The molecule has 0 radical (unpaired) electrons. The smallest absolute Gasteiger partial charge is 0.142 e. The van der Waals surface area contributed by atoms with Crippen molar-refractivity contribution in [3.8, 4) is 0 Å². The van der Waals surface area contributed by atoms with Crippen molar-refractivity contribution in [2.75, 3.05) is 0 Å². The lowest BCUT2D eigenvalue weighted by Gasteiger charge is -1.96. The fourth-order valence-electron chi connectivity index (χ4n) is 2.39. The van der Waals surface area contributed by atoms with Gasteiger partial charge in [0.1, 0.15) is 12.6 Å². The highest BCUT2D eigenvalue weighted by atomic mass is 16.1. The summed E-state index contributed by atoms with van der Waals surface area (Å²) in [6.07, 6.45) is 26.8. The molecular weight excluding hydrogens is 296 g/mol. The van der Waals surface area contributed by atoms with Gasteiger partial charge in [0.25, 0.3) is 0 Å². The molecule has 140 valence electrons. The maximum absolute atomic E-state index is 9.89. The van der Waals surface area contributed by atoms with Crippen LogP contribution in [0.4, 0.5) is 0 Å². The van der Waals surface area contributed by atoms with Crippen molar-refractivity contribution in [3.63, 3.8) is 0 Å². The zero-order valence-electron chi connectivity index (χ0n) is 16.2. The first-order chi connectivity index (χ1) is 11.8. The van der Waals surface area contributed by atoms with Crippen molar-refractivity contribution in [3.05, 3.63) is 24.3 Å². The van der Waals surface area contributed by atoms with Crippen molar-refractivity contribution >= 4 is 12.6 Å². The van der Waals surface area contributed by atoms with Crippen LogP contribution in [-0.2, 0) is 9.59 Å². The fourth-order valence-corrected chi connectivity index (χ4v) is 2.39. The van der Waals surface area contributed by atoms with Gasteiger partial charge in [-0.1, -0.05) is 90.2 Å². The summed E-state index contributed by atoms with van der Waals surface area (Å²) >= 11 is 0. The van der Waals surface area contributed by atoms with Gasteiger partial charge in [0.2, 0.25) is 0 Å². The Balaban J connectivity index is 0. The molecule has 2 heteroatoms. The Hall–Kier alpha value is -1.18. The first-order valence-corrected chi connectivity index (χ1v) is 10.0. The number of carbonyl (C=O) groups is 2. The van der Waals surface area contributed by atoms with Crippen LogP contribution in [0.3, 0.4) is 0 Å². The van der Waals surface area contributed by atoms with Crippen molar-refractivity contribution in [2.24, 2.45) is 0 Å². The number of unbranched alkanes of at least 4 members (excludes halogenated alkanes) is 12. The quantitative estimate of drug-likeness (QED) is 0.173. The monoisotopic (exact) mass is 336 g/mol. The lowest BCUT2D eigenvalue weighted by Crippen LogP contribution is -1.77. The number of carbonyl (C=O) groups excluding carboxylic acids is 2. The summed E-state index contributed by atoms with van der Waals surface area (Å²) in [6.45, 7) is 4.46. The Bertz CT molecular complexity index is 262. The Kier molecular flexibility index (Phi) is 27.9. The van der Waals surface area contributed by atoms with E-state index in [1.54, 1.807) is 12.2 Å². The Morgan fingerprint density at radius 3 is 1.17 bits per heavy atom. The summed E-state index contributed by atoms with van der Waals surface area (Å²) in [5.41, 5.74) is 0. The topological polar surface area (TPSA) is 34.1 Å². The molecule has 0 atom stereocenters. The maximum atomic E-state index is 9.89. The van der Waals surface area contributed by atoms with E-state index in [0.717, 1.165) is 25.4 Å². The van der Waals surface area contributed by atoms with E-state index in [1.165, 1.54) is 77.0 Å². The predicted octanol–water partition coefficient (Wildman–Crippen LogP) is 6.98. The van der Waals surface area contributed by atoms with Crippen LogP contribution in [0.2, 0.25) is 0 Å². The molecule has 0 aliphatic carbocycles. The fraction of sp³-hybridized carbons (Fsp3) is 0.727. The average Bonchev–Trinajstić information content (AvgIpc) is 2.60. The SMILES string of the molecule is CCCCCCCCC=CC=O.CCCCCCCCC=CC=O. The van der Waals surface area contributed by atoms with Crippen molar-refractivity contribution in [1.82, 2.24) is 0 Å². The lowest BCUT2D eigenvalue weighted by atomic mass is 10.1. The summed E-state index contributed by atoms with van der Waals surface area (Å²) in [5, 5.41) is 0. The van der Waals surface area contributed by atoms with Gasteiger partial charge in [0.05, 0.1) is 0 Å². The third-order valence-electron chi connectivity index (χ3n) is 3.88.